The normalized spacial score (nSPS) is 15.5. The first-order valence-corrected chi connectivity index (χ1v) is 8.61. The molecule has 3 aromatic rings. The van der Waals surface area contributed by atoms with Crippen molar-refractivity contribution in [3.63, 3.8) is 0 Å². The third kappa shape index (κ3) is 2.82. The molecule has 0 unspecified atom stereocenters. The van der Waals surface area contributed by atoms with Gasteiger partial charge in [-0.2, -0.15) is 5.10 Å². The molecule has 0 radical (unpaired) electrons. The van der Waals surface area contributed by atoms with Crippen molar-refractivity contribution >= 4 is 12.0 Å². The second-order valence-corrected chi connectivity index (χ2v) is 6.63. The third-order valence-electron chi connectivity index (χ3n) is 4.87. The van der Waals surface area contributed by atoms with Gasteiger partial charge in [-0.05, 0) is 50.6 Å². The van der Waals surface area contributed by atoms with E-state index in [4.69, 9.17) is 10.8 Å². The lowest BCUT2D eigenvalue weighted by molar-refractivity contribution is 0.454. The van der Waals surface area contributed by atoms with E-state index in [0.717, 1.165) is 38.0 Å². The van der Waals surface area contributed by atoms with Crippen LogP contribution in [-0.4, -0.2) is 38.6 Å². The van der Waals surface area contributed by atoms with Crippen molar-refractivity contribution in [3.05, 3.63) is 47.1 Å². The van der Waals surface area contributed by atoms with E-state index in [-0.39, 0.29) is 5.49 Å². The molecule has 1 aliphatic rings. The molecule has 0 bridgehead atoms. The van der Waals surface area contributed by atoms with E-state index in [1.54, 1.807) is 23.6 Å². The lowest BCUT2D eigenvalue weighted by atomic mass is 9.95. The molecule has 1 fully saturated rings. The van der Waals surface area contributed by atoms with E-state index < -0.39 is 5.82 Å². The maximum absolute atomic E-state index is 14.7. The number of aromatic nitrogens is 4. The summed E-state index contributed by atoms with van der Waals surface area (Å²) >= 11 is 0. The molecule has 3 N–H and O–H groups in total. The number of piperidine rings is 1. The Morgan fingerprint density at radius 2 is 2.04 bits per heavy atom. The van der Waals surface area contributed by atoms with Crippen LogP contribution in [0.3, 0.4) is 0 Å². The molecular weight excluding hydrogens is 333 g/mol. The molecule has 134 valence electrons. The fourth-order valence-corrected chi connectivity index (χ4v) is 3.41. The van der Waals surface area contributed by atoms with Crippen molar-refractivity contribution in [2.45, 2.75) is 25.7 Å². The highest BCUT2D eigenvalue weighted by Gasteiger charge is 2.20. The minimum atomic E-state index is -0.404. The molecule has 7 nitrogen and oxygen atoms in total. The highest BCUT2D eigenvalue weighted by molar-refractivity contribution is 5.63. The van der Waals surface area contributed by atoms with Gasteiger partial charge in [0.2, 0.25) is 0 Å². The monoisotopic (exact) mass is 353 g/mol. The van der Waals surface area contributed by atoms with Gasteiger partial charge >= 0.3 is 0 Å². The highest BCUT2D eigenvalue weighted by Crippen LogP contribution is 2.27. The van der Waals surface area contributed by atoms with Gasteiger partial charge in [0.25, 0.3) is 0 Å². The van der Waals surface area contributed by atoms with Crippen LogP contribution in [0, 0.1) is 23.6 Å². The molecule has 3 aromatic heterocycles. The first kappa shape index (κ1) is 16.6. The Balaban J connectivity index is 1.81. The highest BCUT2D eigenvalue weighted by atomic mass is 19.1. The molecule has 0 atom stereocenters. The molecule has 0 saturated carbocycles. The third-order valence-corrected chi connectivity index (χ3v) is 4.87. The van der Waals surface area contributed by atoms with Crippen LogP contribution < -0.4 is 10.8 Å². The fourth-order valence-electron chi connectivity index (χ4n) is 3.41. The summed E-state index contributed by atoms with van der Waals surface area (Å²) in [4.78, 5) is 4.50. The summed E-state index contributed by atoms with van der Waals surface area (Å²) in [6, 6.07) is 3.14. The van der Waals surface area contributed by atoms with E-state index in [1.165, 1.54) is 10.7 Å². The summed E-state index contributed by atoms with van der Waals surface area (Å²) in [5.41, 5.74) is 3.14. The van der Waals surface area contributed by atoms with E-state index in [2.05, 4.69) is 15.4 Å². The van der Waals surface area contributed by atoms with Gasteiger partial charge in [0.15, 0.2) is 17.0 Å². The second-order valence-electron chi connectivity index (χ2n) is 6.63. The molecule has 0 spiro atoms. The van der Waals surface area contributed by atoms with Crippen molar-refractivity contribution in [3.8, 4) is 11.3 Å². The Hall–Kier alpha value is -2.87. The van der Waals surface area contributed by atoms with Crippen molar-refractivity contribution in [2.75, 3.05) is 13.1 Å². The van der Waals surface area contributed by atoms with Gasteiger partial charge in [0.1, 0.15) is 6.34 Å². The molecule has 1 aliphatic heterocycles. The van der Waals surface area contributed by atoms with E-state index >= 15 is 0 Å². The van der Waals surface area contributed by atoms with Crippen LogP contribution in [0.5, 0.6) is 0 Å². The maximum Gasteiger partial charge on any atom is 0.173 e. The second kappa shape index (κ2) is 6.45. The molecular formula is C18H20FN7. The lowest BCUT2D eigenvalue weighted by Gasteiger charge is -2.20. The van der Waals surface area contributed by atoms with E-state index in [1.807, 2.05) is 6.20 Å². The predicted molar refractivity (Wildman–Crippen MR) is 96.0 cm³/mol. The number of halogens is 1. The van der Waals surface area contributed by atoms with Crippen LogP contribution in [0.4, 0.5) is 4.39 Å². The summed E-state index contributed by atoms with van der Waals surface area (Å²) in [5.74, 6) is -0.0551. The van der Waals surface area contributed by atoms with Crippen LogP contribution in [0.2, 0.25) is 0 Å². The number of nitrogens with zero attached hydrogens (tertiary/aromatic N) is 4. The van der Waals surface area contributed by atoms with Gasteiger partial charge in [-0.15, -0.1) is 0 Å². The molecule has 1 saturated heterocycles. The molecule has 4 rings (SSSR count). The van der Waals surface area contributed by atoms with Gasteiger partial charge in [-0.25, -0.2) is 14.1 Å². The molecule has 0 aromatic carbocycles. The SMILES string of the molecule is Cc1cc(-c2cc(F)c3nc(C4CCNCC4)cn3c2)nn(C=N)c1=N. The minimum absolute atomic E-state index is 0.140. The standard InChI is InChI=1S/C18H20FN7/c1-11-6-15(24-26(10-20)17(11)21)13-7-14(19)18-23-16(9-25(18)8-13)12-2-4-22-5-3-12/h6-10,12,20-22H,2-5H2,1H3. The number of nitrogens with one attached hydrogen (secondary N) is 3. The number of aryl methyl sites for hydroxylation is 1. The Kier molecular flexibility index (Phi) is 4.12. The van der Waals surface area contributed by atoms with Crippen molar-refractivity contribution in [1.82, 2.24) is 24.5 Å². The Morgan fingerprint density at radius 1 is 1.27 bits per heavy atom. The minimum Gasteiger partial charge on any atom is -0.317 e. The van der Waals surface area contributed by atoms with Crippen LogP contribution in [0.15, 0.2) is 24.5 Å². The number of imidazole rings is 1. The summed E-state index contributed by atoms with van der Waals surface area (Å²) in [6.07, 6.45) is 6.68. The topological polar surface area (TPSA) is 94.8 Å². The van der Waals surface area contributed by atoms with Crippen LogP contribution in [0.1, 0.15) is 30.0 Å². The Bertz CT molecular complexity index is 1040. The first-order chi connectivity index (χ1) is 12.6. The smallest absolute Gasteiger partial charge is 0.173 e. The summed E-state index contributed by atoms with van der Waals surface area (Å²) in [7, 11) is 0. The van der Waals surface area contributed by atoms with Gasteiger partial charge in [0, 0.05) is 23.9 Å². The number of fused-ring (bicyclic) bond motifs is 1. The summed E-state index contributed by atoms with van der Waals surface area (Å²) in [6.45, 7) is 3.69. The average molecular weight is 353 g/mol. The Morgan fingerprint density at radius 3 is 2.77 bits per heavy atom. The largest absolute Gasteiger partial charge is 0.317 e. The van der Waals surface area contributed by atoms with Gasteiger partial charge in [-0.1, -0.05) is 0 Å². The number of pyridine rings is 1. The average Bonchev–Trinajstić information content (AvgIpc) is 3.09. The maximum atomic E-state index is 14.7. The van der Waals surface area contributed by atoms with Crippen LogP contribution in [-0.2, 0) is 0 Å². The van der Waals surface area contributed by atoms with E-state index in [9.17, 15) is 4.39 Å². The van der Waals surface area contributed by atoms with Crippen LogP contribution >= 0.6 is 0 Å². The summed E-state index contributed by atoms with van der Waals surface area (Å²) < 4.78 is 17.5. The van der Waals surface area contributed by atoms with Gasteiger partial charge in [0.05, 0.1) is 11.4 Å². The van der Waals surface area contributed by atoms with E-state index in [0.29, 0.717) is 28.4 Å². The Labute approximate surface area is 149 Å². The summed E-state index contributed by atoms with van der Waals surface area (Å²) in [5, 5.41) is 22.9. The molecule has 0 amide bonds. The number of hydrogen-bond donors (Lipinski definition) is 3. The number of rotatable bonds is 3. The first-order valence-electron chi connectivity index (χ1n) is 8.61. The zero-order valence-corrected chi connectivity index (χ0v) is 14.5. The fraction of sp³-hybridized carbons (Fsp3) is 0.333. The molecule has 4 heterocycles. The van der Waals surface area contributed by atoms with Crippen molar-refractivity contribution in [1.29, 1.82) is 10.8 Å². The number of hydrogen-bond acceptors (Lipinski definition) is 5. The lowest BCUT2D eigenvalue weighted by Crippen LogP contribution is -2.26. The quantitative estimate of drug-likeness (QED) is 0.497. The van der Waals surface area contributed by atoms with Gasteiger partial charge < -0.3 is 9.72 Å². The van der Waals surface area contributed by atoms with Crippen molar-refractivity contribution < 1.29 is 4.39 Å². The predicted octanol–water partition coefficient (Wildman–Crippen LogP) is 2.05. The van der Waals surface area contributed by atoms with Crippen LogP contribution in [0.25, 0.3) is 16.9 Å². The molecule has 8 heteroatoms. The zero-order chi connectivity index (χ0) is 18.3. The molecule has 26 heavy (non-hydrogen) atoms. The van der Waals surface area contributed by atoms with Crippen molar-refractivity contribution in [2.24, 2.45) is 0 Å². The zero-order valence-electron chi connectivity index (χ0n) is 14.5. The molecule has 0 aliphatic carbocycles. The van der Waals surface area contributed by atoms with Gasteiger partial charge in [-0.3, -0.25) is 10.8 Å².